The SMILES string of the molecule is COCCN(Cc1cc(NC(=O)c2ccco2)ccc1N(C)C)C(=O)c1ccccc1Cl. The summed E-state index contributed by atoms with van der Waals surface area (Å²) < 4.78 is 10.4. The summed E-state index contributed by atoms with van der Waals surface area (Å²) in [7, 11) is 5.44. The summed E-state index contributed by atoms with van der Waals surface area (Å²) in [5.41, 5.74) is 2.82. The van der Waals surface area contributed by atoms with Gasteiger partial charge in [0.1, 0.15) is 0 Å². The number of furan rings is 1. The third kappa shape index (κ3) is 5.69. The summed E-state index contributed by atoms with van der Waals surface area (Å²) in [6, 6.07) is 15.8. The van der Waals surface area contributed by atoms with Crippen molar-refractivity contribution in [1.29, 1.82) is 0 Å². The predicted octanol–water partition coefficient (Wildman–Crippen LogP) is 4.54. The topological polar surface area (TPSA) is 75.0 Å². The summed E-state index contributed by atoms with van der Waals surface area (Å²) in [6.07, 6.45) is 1.45. The first-order valence-electron chi connectivity index (χ1n) is 10.1. The molecule has 32 heavy (non-hydrogen) atoms. The van der Waals surface area contributed by atoms with E-state index in [1.807, 2.05) is 37.2 Å². The van der Waals surface area contributed by atoms with Crippen LogP contribution < -0.4 is 10.2 Å². The normalized spacial score (nSPS) is 10.6. The summed E-state index contributed by atoms with van der Waals surface area (Å²) in [6.45, 7) is 1.07. The molecule has 168 valence electrons. The van der Waals surface area contributed by atoms with Crippen LogP contribution in [0.25, 0.3) is 0 Å². The van der Waals surface area contributed by atoms with Crippen molar-refractivity contribution in [2.24, 2.45) is 0 Å². The number of hydrogen-bond acceptors (Lipinski definition) is 5. The van der Waals surface area contributed by atoms with Crippen molar-refractivity contribution in [3.63, 3.8) is 0 Å². The second-order valence-electron chi connectivity index (χ2n) is 7.37. The van der Waals surface area contributed by atoms with Crippen LogP contribution >= 0.6 is 11.6 Å². The molecule has 1 aromatic heterocycles. The monoisotopic (exact) mass is 455 g/mol. The highest BCUT2D eigenvalue weighted by molar-refractivity contribution is 6.33. The van der Waals surface area contributed by atoms with Crippen LogP contribution in [0, 0.1) is 0 Å². The molecule has 0 aliphatic rings. The van der Waals surface area contributed by atoms with E-state index in [0.29, 0.717) is 36.0 Å². The Kier molecular flexibility index (Phi) is 7.92. The molecule has 0 spiro atoms. The fraction of sp³-hybridized carbons (Fsp3) is 0.250. The molecule has 8 heteroatoms. The van der Waals surface area contributed by atoms with Crippen molar-refractivity contribution in [3.8, 4) is 0 Å². The molecule has 7 nitrogen and oxygen atoms in total. The van der Waals surface area contributed by atoms with Crippen LogP contribution in [0.15, 0.2) is 65.3 Å². The number of nitrogens with zero attached hydrogens (tertiary/aromatic N) is 2. The molecule has 2 amide bonds. The Balaban J connectivity index is 1.90. The average molecular weight is 456 g/mol. The van der Waals surface area contributed by atoms with Gasteiger partial charge in [-0.25, -0.2) is 0 Å². The molecule has 0 atom stereocenters. The predicted molar refractivity (Wildman–Crippen MR) is 125 cm³/mol. The first-order valence-corrected chi connectivity index (χ1v) is 10.5. The number of amides is 2. The van der Waals surface area contributed by atoms with Crippen molar-refractivity contribution < 1.29 is 18.7 Å². The van der Waals surface area contributed by atoms with E-state index in [1.54, 1.807) is 48.4 Å². The van der Waals surface area contributed by atoms with Gasteiger partial charge in [-0.05, 0) is 48.0 Å². The third-order valence-corrected chi connectivity index (χ3v) is 5.21. The molecule has 0 fully saturated rings. The highest BCUT2D eigenvalue weighted by Gasteiger charge is 2.21. The molecule has 0 bridgehead atoms. The minimum Gasteiger partial charge on any atom is -0.459 e. The quantitative estimate of drug-likeness (QED) is 0.512. The van der Waals surface area contributed by atoms with Gasteiger partial charge in [0.2, 0.25) is 0 Å². The number of benzene rings is 2. The Bertz CT molecular complexity index is 1070. The highest BCUT2D eigenvalue weighted by atomic mass is 35.5. The van der Waals surface area contributed by atoms with Gasteiger partial charge in [0.15, 0.2) is 5.76 Å². The number of nitrogens with one attached hydrogen (secondary N) is 1. The van der Waals surface area contributed by atoms with E-state index in [0.717, 1.165) is 11.3 Å². The largest absolute Gasteiger partial charge is 0.459 e. The maximum Gasteiger partial charge on any atom is 0.291 e. The molecule has 3 aromatic rings. The number of anilines is 2. The molecule has 2 aromatic carbocycles. The third-order valence-electron chi connectivity index (χ3n) is 4.88. The van der Waals surface area contributed by atoms with E-state index in [1.165, 1.54) is 6.26 Å². The lowest BCUT2D eigenvalue weighted by Crippen LogP contribution is -2.34. The lowest BCUT2D eigenvalue weighted by Gasteiger charge is -2.26. The van der Waals surface area contributed by atoms with Crippen LogP contribution in [0.2, 0.25) is 5.02 Å². The van der Waals surface area contributed by atoms with Gasteiger partial charge in [-0.2, -0.15) is 0 Å². The summed E-state index contributed by atoms with van der Waals surface area (Å²) in [5, 5.41) is 3.23. The lowest BCUT2D eigenvalue weighted by atomic mass is 10.1. The number of rotatable bonds is 9. The number of methoxy groups -OCH3 is 1. The van der Waals surface area contributed by atoms with Crippen molar-refractivity contribution in [1.82, 2.24) is 4.90 Å². The second kappa shape index (κ2) is 10.8. The van der Waals surface area contributed by atoms with Crippen LogP contribution in [-0.2, 0) is 11.3 Å². The van der Waals surface area contributed by atoms with E-state index in [-0.39, 0.29) is 17.6 Å². The molecule has 0 aliphatic carbocycles. The maximum absolute atomic E-state index is 13.3. The minimum absolute atomic E-state index is 0.192. The zero-order valence-electron chi connectivity index (χ0n) is 18.3. The minimum atomic E-state index is -0.345. The number of halogens is 1. The lowest BCUT2D eigenvalue weighted by molar-refractivity contribution is 0.0680. The molecular formula is C24H26ClN3O4. The van der Waals surface area contributed by atoms with E-state index < -0.39 is 0 Å². The number of ether oxygens (including phenoxy) is 1. The maximum atomic E-state index is 13.3. The molecule has 3 rings (SSSR count). The summed E-state index contributed by atoms with van der Waals surface area (Å²) in [5.74, 6) is -0.317. The Morgan fingerprint density at radius 3 is 2.53 bits per heavy atom. The van der Waals surface area contributed by atoms with Gasteiger partial charge in [-0.3, -0.25) is 9.59 Å². The van der Waals surface area contributed by atoms with Crippen LogP contribution in [0.4, 0.5) is 11.4 Å². The van der Waals surface area contributed by atoms with Gasteiger partial charge in [-0.1, -0.05) is 23.7 Å². The molecule has 1 N–H and O–H groups in total. The fourth-order valence-electron chi connectivity index (χ4n) is 3.29. The van der Waals surface area contributed by atoms with Crippen molar-refractivity contribution in [2.75, 3.05) is 44.6 Å². The molecule has 1 heterocycles. The van der Waals surface area contributed by atoms with E-state index in [4.69, 9.17) is 20.8 Å². The van der Waals surface area contributed by atoms with E-state index in [9.17, 15) is 9.59 Å². The van der Waals surface area contributed by atoms with E-state index in [2.05, 4.69) is 5.32 Å². The molecule has 0 saturated heterocycles. The van der Waals surface area contributed by atoms with Crippen LogP contribution in [0.3, 0.4) is 0 Å². The van der Waals surface area contributed by atoms with Gasteiger partial charge >= 0.3 is 0 Å². The van der Waals surface area contributed by atoms with Crippen LogP contribution in [0.1, 0.15) is 26.5 Å². The fourth-order valence-corrected chi connectivity index (χ4v) is 3.51. The number of hydrogen-bond donors (Lipinski definition) is 1. The van der Waals surface area contributed by atoms with Crippen molar-refractivity contribution in [3.05, 3.63) is 82.8 Å². The number of carbonyl (C=O) groups excluding carboxylic acids is 2. The Morgan fingerprint density at radius 2 is 1.88 bits per heavy atom. The Hall–Kier alpha value is -3.29. The first kappa shape index (κ1) is 23.4. The van der Waals surface area contributed by atoms with Gasteiger partial charge in [0.05, 0.1) is 23.5 Å². The molecule has 0 aliphatic heterocycles. The van der Waals surface area contributed by atoms with Crippen LogP contribution in [-0.4, -0.2) is 51.1 Å². The Labute approximate surface area is 192 Å². The van der Waals surface area contributed by atoms with Crippen molar-refractivity contribution >= 4 is 34.8 Å². The molecule has 0 unspecified atom stereocenters. The summed E-state index contributed by atoms with van der Waals surface area (Å²) >= 11 is 6.27. The van der Waals surface area contributed by atoms with Gasteiger partial charge in [0.25, 0.3) is 11.8 Å². The summed E-state index contributed by atoms with van der Waals surface area (Å²) in [4.78, 5) is 29.3. The zero-order chi connectivity index (χ0) is 23.1. The zero-order valence-corrected chi connectivity index (χ0v) is 19.1. The van der Waals surface area contributed by atoms with Gasteiger partial charge < -0.3 is 24.3 Å². The van der Waals surface area contributed by atoms with Gasteiger partial charge in [0, 0.05) is 45.7 Å². The standard InChI is InChI=1S/C24H26ClN3O4/c1-27(2)21-11-10-18(26-23(29)22-9-6-13-32-22)15-17(21)16-28(12-14-31-3)24(30)19-7-4-5-8-20(19)25/h4-11,13,15H,12,14,16H2,1-3H3,(H,26,29). The molecule has 0 saturated carbocycles. The molecular weight excluding hydrogens is 430 g/mol. The van der Waals surface area contributed by atoms with E-state index >= 15 is 0 Å². The average Bonchev–Trinajstić information content (AvgIpc) is 3.31. The van der Waals surface area contributed by atoms with Crippen LogP contribution in [0.5, 0.6) is 0 Å². The Morgan fingerprint density at radius 1 is 1.09 bits per heavy atom. The first-order chi connectivity index (χ1) is 15.4. The number of carbonyl (C=O) groups is 2. The smallest absolute Gasteiger partial charge is 0.291 e. The highest BCUT2D eigenvalue weighted by Crippen LogP contribution is 2.26. The van der Waals surface area contributed by atoms with Gasteiger partial charge in [-0.15, -0.1) is 0 Å². The molecule has 0 radical (unpaired) electrons. The second-order valence-corrected chi connectivity index (χ2v) is 7.78. The van der Waals surface area contributed by atoms with Crippen molar-refractivity contribution in [2.45, 2.75) is 6.54 Å².